The van der Waals surface area contributed by atoms with Crippen molar-refractivity contribution in [3.05, 3.63) is 83.2 Å². The Bertz CT molecular complexity index is 894. The lowest BCUT2D eigenvalue weighted by Crippen LogP contribution is -2.09. The minimum Gasteiger partial charge on any atom is -0.423 e. The Hall–Kier alpha value is -3.32. The van der Waals surface area contributed by atoms with Crippen LogP contribution in [-0.2, 0) is 0 Å². The number of carbonyl (C=O) groups excluding carboxylic acids is 1. The normalized spacial score (nSPS) is 10.2. The Labute approximate surface area is 140 Å². The molecule has 24 heavy (non-hydrogen) atoms. The second kappa shape index (κ2) is 6.43. The van der Waals surface area contributed by atoms with Gasteiger partial charge >= 0.3 is 5.97 Å². The van der Waals surface area contributed by atoms with Gasteiger partial charge in [0.15, 0.2) is 0 Å². The minimum absolute atomic E-state index is 0.417. The number of carbonyl (C=O) groups is 1. The van der Waals surface area contributed by atoms with Crippen LogP contribution in [0.25, 0.3) is 5.69 Å². The molecule has 0 amide bonds. The molecule has 0 saturated carbocycles. The Morgan fingerprint density at radius 3 is 2.04 bits per heavy atom. The molecule has 3 aromatic rings. The second-order valence-electron chi connectivity index (χ2n) is 5.52. The average molecular weight is 316 g/mol. The molecule has 0 bridgehead atoms. The summed E-state index contributed by atoms with van der Waals surface area (Å²) in [4.78, 5) is 12.2. The fraction of sp³-hybridized carbons (Fsp3) is 0.100. The van der Waals surface area contributed by atoms with Gasteiger partial charge in [0.05, 0.1) is 17.2 Å². The highest BCUT2D eigenvalue weighted by Crippen LogP contribution is 2.18. The molecule has 0 fully saturated rings. The van der Waals surface area contributed by atoms with Gasteiger partial charge in [-0.25, -0.2) is 4.79 Å². The van der Waals surface area contributed by atoms with Crippen molar-refractivity contribution in [2.75, 3.05) is 0 Å². The van der Waals surface area contributed by atoms with Gasteiger partial charge in [0.1, 0.15) is 5.75 Å². The van der Waals surface area contributed by atoms with E-state index in [0.717, 1.165) is 17.1 Å². The maximum Gasteiger partial charge on any atom is 0.343 e. The number of esters is 1. The highest BCUT2D eigenvalue weighted by atomic mass is 16.5. The quantitative estimate of drug-likeness (QED) is 0.538. The molecule has 118 valence electrons. The van der Waals surface area contributed by atoms with Crippen LogP contribution >= 0.6 is 0 Å². The number of nitriles is 1. The van der Waals surface area contributed by atoms with E-state index in [0.29, 0.717) is 16.9 Å². The molecule has 1 aromatic heterocycles. The third-order valence-electron chi connectivity index (χ3n) is 3.83. The van der Waals surface area contributed by atoms with Crippen LogP contribution in [0.3, 0.4) is 0 Å². The maximum absolute atomic E-state index is 12.2. The van der Waals surface area contributed by atoms with Gasteiger partial charge in [-0.1, -0.05) is 0 Å². The molecular formula is C20H16N2O2. The molecule has 4 heteroatoms. The maximum atomic E-state index is 12.2. The zero-order valence-corrected chi connectivity index (χ0v) is 13.5. The monoisotopic (exact) mass is 316 g/mol. The van der Waals surface area contributed by atoms with E-state index in [1.54, 1.807) is 36.4 Å². The Morgan fingerprint density at radius 1 is 0.917 bits per heavy atom. The molecule has 0 spiro atoms. The molecule has 0 N–H and O–H groups in total. The van der Waals surface area contributed by atoms with Crippen molar-refractivity contribution in [2.45, 2.75) is 13.8 Å². The Morgan fingerprint density at radius 2 is 1.50 bits per heavy atom. The van der Waals surface area contributed by atoms with E-state index >= 15 is 0 Å². The van der Waals surface area contributed by atoms with Crippen LogP contribution in [0.2, 0.25) is 0 Å². The first-order valence-electron chi connectivity index (χ1n) is 7.56. The molecule has 4 nitrogen and oxygen atoms in total. The summed E-state index contributed by atoms with van der Waals surface area (Å²) < 4.78 is 7.44. The van der Waals surface area contributed by atoms with Gasteiger partial charge in [0.2, 0.25) is 0 Å². The van der Waals surface area contributed by atoms with Crippen LogP contribution in [0.15, 0.2) is 60.7 Å². The molecule has 3 rings (SSSR count). The van der Waals surface area contributed by atoms with Gasteiger partial charge < -0.3 is 9.30 Å². The summed E-state index contributed by atoms with van der Waals surface area (Å²) in [6.07, 6.45) is 0. The summed E-state index contributed by atoms with van der Waals surface area (Å²) in [7, 11) is 0. The summed E-state index contributed by atoms with van der Waals surface area (Å²) in [5.74, 6) is -0.00705. The van der Waals surface area contributed by atoms with Crippen LogP contribution in [0.1, 0.15) is 27.3 Å². The average Bonchev–Trinajstić information content (AvgIpc) is 2.94. The van der Waals surface area contributed by atoms with Crippen molar-refractivity contribution in [3.8, 4) is 17.5 Å². The van der Waals surface area contributed by atoms with E-state index in [1.807, 2.05) is 32.0 Å². The van der Waals surface area contributed by atoms with Gasteiger partial charge in [-0.15, -0.1) is 0 Å². The lowest BCUT2D eigenvalue weighted by Gasteiger charge is -2.10. The topological polar surface area (TPSA) is 55.0 Å². The molecular weight excluding hydrogens is 300 g/mol. The second-order valence-corrected chi connectivity index (χ2v) is 5.52. The third kappa shape index (κ3) is 3.06. The number of aryl methyl sites for hydroxylation is 2. The van der Waals surface area contributed by atoms with Crippen molar-refractivity contribution in [1.82, 2.24) is 4.57 Å². The summed E-state index contributed by atoms with van der Waals surface area (Å²) in [6.45, 7) is 4.08. The Kier molecular flexibility index (Phi) is 4.17. The van der Waals surface area contributed by atoms with Crippen molar-refractivity contribution in [3.63, 3.8) is 0 Å². The van der Waals surface area contributed by atoms with E-state index in [9.17, 15) is 4.79 Å². The van der Waals surface area contributed by atoms with Crippen LogP contribution in [-0.4, -0.2) is 10.5 Å². The van der Waals surface area contributed by atoms with Crippen LogP contribution < -0.4 is 4.74 Å². The van der Waals surface area contributed by atoms with E-state index < -0.39 is 5.97 Å². The Balaban J connectivity index is 1.77. The zero-order valence-electron chi connectivity index (χ0n) is 13.5. The SMILES string of the molecule is Cc1ccc(C)n1-c1ccc(C(=O)Oc2ccc(C#N)cc2)cc1. The molecule has 0 aliphatic carbocycles. The summed E-state index contributed by atoms with van der Waals surface area (Å²) in [5.41, 5.74) is 4.29. The highest BCUT2D eigenvalue weighted by Gasteiger charge is 2.10. The number of nitrogens with zero attached hydrogens (tertiary/aromatic N) is 2. The molecule has 1 heterocycles. The van der Waals surface area contributed by atoms with Crippen molar-refractivity contribution in [2.24, 2.45) is 0 Å². The third-order valence-corrected chi connectivity index (χ3v) is 3.83. The van der Waals surface area contributed by atoms with Gasteiger partial charge in [-0.05, 0) is 74.5 Å². The van der Waals surface area contributed by atoms with Crippen LogP contribution in [0.5, 0.6) is 5.75 Å². The lowest BCUT2D eigenvalue weighted by atomic mass is 10.2. The number of hydrogen-bond acceptors (Lipinski definition) is 3. The van der Waals surface area contributed by atoms with E-state index in [1.165, 1.54) is 0 Å². The van der Waals surface area contributed by atoms with Gasteiger partial charge in [0, 0.05) is 17.1 Å². The predicted molar refractivity (Wildman–Crippen MR) is 91.4 cm³/mol. The predicted octanol–water partition coefficient (Wildman–Crippen LogP) is 4.19. The fourth-order valence-corrected chi connectivity index (χ4v) is 2.59. The molecule has 0 atom stereocenters. The molecule has 0 radical (unpaired) electrons. The standard InChI is InChI=1S/C20H16N2O2/c1-14-3-4-15(2)22(14)18-9-7-17(8-10-18)20(23)24-19-11-5-16(13-21)6-12-19/h3-12H,1-2H3. The summed E-state index contributed by atoms with van der Waals surface area (Å²) in [5, 5.41) is 8.77. The molecule has 0 aliphatic rings. The number of benzene rings is 2. The highest BCUT2D eigenvalue weighted by molar-refractivity contribution is 5.91. The van der Waals surface area contributed by atoms with Crippen molar-refractivity contribution >= 4 is 5.97 Å². The van der Waals surface area contributed by atoms with Crippen LogP contribution in [0, 0.1) is 25.2 Å². The minimum atomic E-state index is -0.424. The number of ether oxygens (including phenoxy) is 1. The zero-order chi connectivity index (χ0) is 17.1. The molecule has 0 aliphatic heterocycles. The molecule has 0 unspecified atom stereocenters. The van der Waals surface area contributed by atoms with Gasteiger partial charge in [0.25, 0.3) is 0 Å². The molecule has 0 saturated heterocycles. The first kappa shape index (κ1) is 15.6. The van der Waals surface area contributed by atoms with E-state index in [-0.39, 0.29) is 0 Å². The van der Waals surface area contributed by atoms with E-state index in [2.05, 4.69) is 16.7 Å². The van der Waals surface area contributed by atoms with Crippen LogP contribution in [0.4, 0.5) is 0 Å². The van der Waals surface area contributed by atoms with Gasteiger partial charge in [-0.3, -0.25) is 0 Å². The fourth-order valence-electron chi connectivity index (χ4n) is 2.59. The molecule has 2 aromatic carbocycles. The first-order chi connectivity index (χ1) is 11.6. The van der Waals surface area contributed by atoms with Crippen molar-refractivity contribution < 1.29 is 9.53 Å². The first-order valence-corrected chi connectivity index (χ1v) is 7.56. The lowest BCUT2D eigenvalue weighted by molar-refractivity contribution is 0.0735. The smallest absolute Gasteiger partial charge is 0.343 e. The van der Waals surface area contributed by atoms with Gasteiger partial charge in [-0.2, -0.15) is 5.26 Å². The largest absolute Gasteiger partial charge is 0.423 e. The number of rotatable bonds is 3. The summed E-state index contributed by atoms with van der Waals surface area (Å²) >= 11 is 0. The van der Waals surface area contributed by atoms with Crippen molar-refractivity contribution in [1.29, 1.82) is 5.26 Å². The summed E-state index contributed by atoms with van der Waals surface area (Å²) in [6, 6.07) is 19.9. The van der Waals surface area contributed by atoms with E-state index in [4.69, 9.17) is 10.00 Å². The number of hydrogen-bond donors (Lipinski definition) is 0. The number of aromatic nitrogens is 1.